The van der Waals surface area contributed by atoms with Gasteiger partial charge in [0.25, 0.3) is 5.56 Å². The van der Waals surface area contributed by atoms with Crippen LogP contribution in [0.3, 0.4) is 0 Å². The summed E-state index contributed by atoms with van der Waals surface area (Å²) in [6.07, 6.45) is -0.601. The molecule has 0 bridgehead atoms. The van der Waals surface area contributed by atoms with E-state index in [2.05, 4.69) is 26.1 Å². The number of aliphatic hydroxyl groups is 1. The first-order valence-electron chi connectivity index (χ1n) is 6.81. The third-order valence-corrected chi connectivity index (χ3v) is 3.39. The smallest absolute Gasteiger partial charge is 0.250 e. The van der Waals surface area contributed by atoms with Gasteiger partial charge in [-0.1, -0.05) is 12.1 Å². The molecule has 1 aromatic heterocycles. The largest absolute Gasteiger partial charge is 0.387 e. The summed E-state index contributed by atoms with van der Waals surface area (Å²) in [5.74, 6) is 0. The number of benzene rings is 1. The minimum absolute atomic E-state index is 0.0432. The molecule has 1 atom stereocenters. The third-order valence-electron chi connectivity index (χ3n) is 3.39. The van der Waals surface area contributed by atoms with E-state index in [0.717, 1.165) is 16.5 Å². The van der Waals surface area contributed by atoms with E-state index in [1.54, 1.807) is 17.7 Å². The van der Waals surface area contributed by atoms with Crippen molar-refractivity contribution in [3.63, 3.8) is 0 Å². The highest BCUT2D eigenvalue weighted by Crippen LogP contribution is 2.23. The van der Waals surface area contributed by atoms with Gasteiger partial charge in [0.15, 0.2) is 0 Å². The van der Waals surface area contributed by atoms with Gasteiger partial charge in [-0.2, -0.15) is 0 Å². The Balaban J connectivity index is 2.40. The zero-order valence-electron chi connectivity index (χ0n) is 12.5. The second kappa shape index (κ2) is 5.38. The van der Waals surface area contributed by atoms with E-state index >= 15 is 0 Å². The SMILES string of the molecule is Cn1c(=O)ccc2c([C@H](O)CNC(C)(C)C)cccc21. The van der Waals surface area contributed by atoms with Crippen LogP contribution in [-0.4, -0.2) is 21.8 Å². The Hall–Kier alpha value is -1.65. The summed E-state index contributed by atoms with van der Waals surface area (Å²) in [7, 11) is 1.74. The number of hydrogen-bond donors (Lipinski definition) is 2. The van der Waals surface area contributed by atoms with Crippen molar-refractivity contribution in [3.05, 3.63) is 46.2 Å². The third kappa shape index (κ3) is 3.08. The van der Waals surface area contributed by atoms with Gasteiger partial charge in [-0.25, -0.2) is 0 Å². The molecule has 2 aromatic rings. The molecule has 0 saturated carbocycles. The van der Waals surface area contributed by atoms with Crippen LogP contribution in [0.2, 0.25) is 0 Å². The Bertz CT molecular complexity index is 668. The lowest BCUT2D eigenvalue weighted by Crippen LogP contribution is -2.38. The minimum Gasteiger partial charge on any atom is -0.387 e. The molecule has 0 aliphatic rings. The molecule has 4 nitrogen and oxygen atoms in total. The summed E-state index contributed by atoms with van der Waals surface area (Å²) >= 11 is 0. The van der Waals surface area contributed by atoms with Crippen LogP contribution in [0.5, 0.6) is 0 Å². The number of hydrogen-bond acceptors (Lipinski definition) is 3. The molecular formula is C16H22N2O2. The summed E-state index contributed by atoms with van der Waals surface area (Å²) in [6, 6.07) is 8.99. The lowest BCUT2D eigenvalue weighted by atomic mass is 10.0. The molecule has 4 heteroatoms. The van der Waals surface area contributed by atoms with E-state index < -0.39 is 6.10 Å². The quantitative estimate of drug-likeness (QED) is 0.899. The second-order valence-corrected chi connectivity index (χ2v) is 6.16. The lowest BCUT2D eigenvalue weighted by Gasteiger charge is -2.23. The first-order valence-corrected chi connectivity index (χ1v) is 6.81. The summed E-state index contributed by atoms with van der Waals surface area (Å²) in [5.41, 5.74) is 1.59. The Morgan fingerprint density at radius 3 is 2.60 bits per heavy atom. The van der Waals surface area contributed by atoms with Gasteiger partial charge in [0.2, 0.25) is 0 Å². The molecule has 2 N–H and O–H groups in total. The molecule has 0 unspecified atom stereocenters. The van der Waals surface area contributed by atoms with E-state index in [-0.39, 0.29) is 11.1 Å². The monoisotopic (exact) mass is 274 g/mol. The van der Waals surface area contributed by atoms with Gasteiger partial charge in [-0.3, -0.25) is 4.79 Å². The van der Waals surface area contributed by atoms with E-state index in [4.69, 9.17) is 0 Å². The fourth-order valence-electron chi connectivity index (χ4n) is 2.23. The zero-order chi connectivity index (χ0) is 14.9. The maximum atomic E-state index is 11.7. The molecule has 0 saturated heterocycles. The van der Waals surface area contributed by atoms with E-state index in [9.17, 15) is 9.90 Å². The van der Waals surface area contributed by atoms with Crippen molar-refractivity contribution in [2.75, 3.05) is 6.54 Å². The van der Waals surface area contributed by atoms with Crippen molar-refractivity contribution in [3.8, 4) is 0 Å². The van der Waals surface area contributed by atoms with Gasteiger partial charge in [0, 0.05) is 30.6 Å². The van der Waals surface area contributed by atoms with E-state index in [1.165, 1.54) is 6.07 Å². The Morgan fingerprint density at radius 1 is 1.25 bits per heavy atom. The fourth-order valence-corrected chi connectivity index (χ4v) is 2.23. The molecule has 1 heterocycles. The number of rotatable bonds is 3. The number of β-amino-alcohol motifs (C(OH)–C–C–N with tert-alkyl or cyclic N) is 1. The minimum atomic E-state index is -0.601. The predicted octanol–water partition coefficient (Wildman–Crippen LogP) is 1.96. The topological polar surface area (TPSA) is 54.3 Å². The molecule has 0 aliphatic carbocycles. The standard InChI is InChI=1S/C16H22N2O2/c1-16(2,3)17-10-14(19)12-6-5-7-13-11(12)8-9-15(20)18(13)4/h5-9,14,17,19H,10H2,1-4H3/t14-/m1/s1. The highest BCUT2D eigenvalue weighted by Gasteiger charge is 2.16. The average molecular weight is 274 g/mol. The summed E-state index contributed by atoms with van der Waals surface area (Å²) in [4.78, 5) is 11.7. The number of nitrogens with one attached hydrogen (secondary N) is 1. The molecule has 0 fully saturated rings. The van der Waals surface area contributed by atoms with Crippen molar-refractivity contribution in [2.45, 2.75) is 32.4 Å². The number of nitrogens with zero attached hydrogens (tertiary/aromatic N) is 1. The number of aliphatic hydroxyl groups excluding tert-OH is 1. The van der Waals surface area contributed by atoms with Gasteiger partial charge in [-0.05, 0) is 38.5 Å². The van der Waals surface area contributed by atoms with Crippen molar-refractivity contribution in [1.82, 2.24) is 9.88 Å². The summed E-state index contributed by atoms with van der Waals surface area (Å²) in [5, 5.41) is 14.6. The maximum Gasteiger partial charge on any atom is 0.250 e. The zero-order valence-corrected chi connectivity index (χ0v) is 12.5. The predicted molar refractivity (Wildman–Crippen MR) is 81.9 cm³/mol. The Labute approximate surface area is 119 Å². The van der Waals surface area contributed by atoms with Crippen LogP contribution in [0.25, 0.3) is 10.9 Å². The molecular weight excluding hydrogens is 252 g/mol. The van der Waals surface area contributed by atoms with E-state index in [0.29, 0.717) is 6.54 Å². The van der Waals surface area contributed by atoms with Crippen molar-refractivity contribution >= 4 is 10.9 Å². The fraction of sp³-hybridized carbons (Fsp3) is 0.438. The van der Waals surface area contributed by atoms with E-state index in [1.807, 2.05) is 18.2 Å². The lowest BCUT2D eigenvalue weighted by molar-refractivity contribution is 0.164. The maximum absolute atomic E-state index is 11.7. The number of aromatic nitrogens is 1. The molecule has 108 valence electrons. The number of aryl methyl sites for hydroxylation is 1. The highest BCUT2D eigenvalue weighted by molar-refractivity contribution is 5.82. The molecule has 0 spiro atoms. The van der Waals surface area contributed by atoms with Gasteiger partial charge >= 0.3 is 0 Å². The summed E-state index contributed by atoms with van der Waals surface area (Å²) < 4.78 is 1.60. The van der Waals surface area contributed by atoms with Crippen LogP contribution in [0.1, 0.15) is 32.4 Å². The van der Waals surface area contributed by atoms with Crippen LogP contribution in [0.15, 0.2) is 35.1 Å². The van der Waals surface area contributed by atoms with Gasteiger partial charge in [0.1, 0.15) is 0 Å². The van der Waals surface area contributed by atoms with Crippen molar-refractivity contribution in [2.24, 2.45) is 7.05 Å². The number of pyridine rings is 1. The van der Waals surface area contributed by atoms with Crippen LogP contribution in [0.4, 0.5) is 0 Å². The van der Waals surface area contributed by atoms with Crippen molar-refractivity contribution < 1.29 is 5.11 Å². The molecule has 0 radical (unpaired) electrons. The first kappa shape index (κ1) is 14.8. The molecule has 1 aromatic carbocycles. The summed E-state index contributed by atoms with van der Waals surface area (Å²) in [6.45, 7) is 6.66. The molecule has 2 rings (SSSR count). The van der Waals surface area contributed by atoms with Crippen LogP contribution < -0.4 is 10.9 Å². The van der Waals surface area contributed by atoms with Crippen LogP contribution in [-0.2, 0) is 7.05 Å². The van der Waals surface area contributed by atoms with Crippen LogP contribution in [0, 0.1) is 0 Å². The molecule has 0 amide bonds. The number of fused-ring (bicyclic) bond motifs is 1. The molecule has 20 heavy (non-hydrogen) atoms. The Morgan fingerprint density at radius 2 is 1.95 bits per heavy atom. The highest BCUT2D eigenvalue weighted by atomic mass is 16.3. The van der Waals surface area contributed by atoms with Gasteiger partial charge < -0.3 is 15.0 Å². The average Bonchev–Trinajstić information content (AvgIpc) is 2.39. The second-order valence-electron chi connectivity index (χ2n) is 6.16. The first-order chi connectivity index (χ1) is 9.29. The van der Waals surface area contributed by atoms with Gasteiger partial charge in [-0.15, -0.1) is 0 Å². The van der Waals surface area contributed by atoms with Crippen molar-refractivity contribution in [1.29, 1.82) is 0 Å². The van der Waals surface area contributed by atoms with Crippen LogP contribution >= 0.6 is 0 Å². The van der Waals surface area contributed by atoms with Gasteiger partial charge in [0.05, 0.1) is 11.6 Å². The molecule has 0 aliphatic heterocycles. The normalized spacial score (nSPS) is 13.7. The Kier molecular flexibility index (Phi) is 3.97.